The highest BCUT2D eigenvalue weighted by atomic mass is 35.5. The maximum atomic E-state index is 13.5. The maximum Gasteiger partial charge on any atom is 0.224 e. The number of amides is 1. The average Bonchev–Trinajstić information content (AvgIpc) is 2.77. The van der Waals surface area contributed by atoms with E-state index >= 15 is 0 Å². The molecule has 3 nitrogen and oxygen atoms in total. The van der Waals surface area contributed by atoms with Gasteiger partial charge in [0.2, 0.25) is 5.91 Å². The number of carbonyl (C=O) groups excluding carboxylic acids is 1. The van der Waals surface area contributed by atoms with Crippen molar-refractivity contribution in [2.45, 2.75) is 19.9 Å². The lowest BCUT2D eigenvalue weighted by Gasteiger charge is -2.06. The van der Waals surface area contributed by atoms with Gasteiger partial charge in [0, 0.05) is 21.7 Å². The topological polar surface area (TPSA) is 42.0 Å². The number of aryl methyl sites for hydroxylation is 1. The first kappa shape index (κ1) is 14.0. The number of carbonyl (C=O) groups is 1. The van der Waals surface area contributed by atoms with Gasteiger partial charge in [0.1, 0.15) is 10.8 Å². The Hall–Kier alpha value is -1.46. The van der Waals surface area contributed by atoms with Crippen LogP contribution in [0.1, 0.15) is 16.3 Å². The Bertz CT molecular complexity index is 580. The molecule has 1 amide bonds. The third-order valence-electron chi connectivity index (χ3n) is 2.50. The molecule has 0 aliphatic heterocycles. The Morgan fingerprint density at radius 2 is 2.32 bits per heavy atom. The fourth-order valence-electron chi connectivity index (χ4n) is 1.58. The molecule has 2 aromatic rings. The number of nitrogens with zero attached hydrogens (tertiary/aromatic N) is 1. The largest absolute Gasteiger partial charge is 0.349 e. The van der Waals surface area contributed by atoms with Crippen molar-refractivity contribution >= 4 is 28.8 Å². The lowest BCUT2D eigenvalue weighted by molar-refractivity contribution is -0.120. The number of hydrogen-bond acceptors (Lipinski definition) is 3. The van der Waals surface area contributed by atoms with Gasteiger partial charge in [-0.05, 0) is 19.1 Å². The van der Waals surface area contributed by atoms with Gasteiger partial charge in [-0.25, -0.2) is 9.37 Å². The fraction of sp³-hybridized carbons (Fsp3) is 0.231. The summed E-state index contributed by atoms with van der Waals surface area (Å²) >= 11 is 7.34. The van der Waals surface area contributed by atoms with Crippen LogP contribution in [0.5, 0.6) is 0 Å². The molecule has 0 saturated heterocycles. The summed E-state index contributed by atoms with van der Waals surface area (Å²) in [6.45, 7) is 2.24. The summed E-state index contributed by atoms with van der Waals surface area (Å²) in [5.41, 5.74) is 1.14. The van der Waals surface area contributed by atoms with Crippen LogP contribution in [0, 0.1) is 12.7 Å². The smallest absolute Gasteiger partial charge is 0.224 e. The normalized spacial score (nSPS) is 10.5. The quantitative estimate of drug-likeness (QED) is 0.942. The van der Waals surface area contributed by atoms with Gasteiger partial charge in [0.15, 0.2) is 0 Å². The number of benzene rings is 1. The van der Waals surface area contributed by atoms with E-state index in [1.807, 2.05) is 12.3 Å². The number of rotatable bonds is 4. The standard InChI is InChI=1S/C13H12ClFN2OS/c1-8-7-19-13(17-8)6-16-12(18)5-9-10(14)3-2-4-11(9)15/h2-4,7H,5-6H2,1H3,(H,16,18). The molecule has 0 radical (unpaired) electrons. The molecule has 0 fully saturated rings. The number of aromatic nitrogens is 1. The summed E-state index contributed by atoms with van der Waals surface area (Å²) < 4.78 is 13.5. The van der Waals surface area contributed by atoms with E-state index < -0.39 is 5.82 Å². The monoisotopic (exact) mass is 298 g/mol. The van der Waals surface area contributed by atoms with Crippen molar-refractivity contribution in [3.63, 3.8) is 0 Å². The van der Waals surface area contributed by atoms with Crippen LogP contribution >= 0.6 is 22.9 Å². The van der Waals surface area contributed by atoms with Crippen molar-refractivity contribution in [1.29, 1.82) is 0 Å². The van der Waals surface area contributed by atoms with Crippen molar-refractivity contribution in [2.24, 2.45) is 0 Å². The average molecular weight is 299 g/mol. The zero-order valence-corrected chi connectivity index (χ0v) is 11.8. The van der Waals surface area contributed by atoms with Crippen molar-refractivity contribution in [3.05, 3.63) is 50.7 Å². The summed E-state index contributed by atoms with van der Waals surface area (Å²) in [6.07, 6.45) is -0.0735. The molecule has 0 atom stereocenters. The second-order valence-electron chi connectivity index (χ2n) is 4.04. The first-order valence-electron chi connectivity index (χ1n) is 5.67. The Morgan fingerprint density at radius 3 is 2.95 bits per heavy atom. The van der Waals surface area contributed by atoms with Gasteiger partial charge < -0.3 is 5.32 Å². The maximum absolute atomic E-state index is 13.5. The molecular weight excluding hydrogens is 287 g/mol. The minimum atomic E-state index is -0.465. The van der Waals surface area contributed by atoms with Crippen LogP contribution in [0.15, 0.2) is 23.6 Å². The first-order chi connectivity index (χ1) is 9.06. The molecule has 6 heteroatoms. The number of halogens is 2. The molecule has 0 aliphatic rings. The van der Waals surface area contributed by atoms with Crippen LogP contribution in [-0.4, -0.2) is 10.9 Å². The predicted molar refractivity (Wildman–Crippen MR) is 73.8 cm³/mol. The van der Waals surface area contributed by atoms with Crippen molar-refractivity contribution in [2.75, 3.05) is 0 Å². The van der Waals surface area contributed by atoms with E-state index in [0.717, 1.165) is 10.7 Å². The fourth-order valence-corrected chi connectivity index (χ4v) is 2.52. The Balaban J connectivity index is 1.94. The van der Waals surface area contributed by atoms with E-state index in [2.05, 4.69) is 10.3 Å². The SMILES string of the molecule is Cc1csc(CNC(=O)Cc2c(F)cccc2Cl)n1. The summed E-state index contributed by atoms with van der Waals surface area (Å²) in [6, 6.07) is 4.37. The molecule has 1 aromatic carbocycles. The molecule has 0 spiro atoms. The molecule has 1 aromatic heterocycles. The highest BCUT2D eigenvalue weighted by Crippen LogP contribution is 2.19. The summed E-state index contributed by atoms with van der Waals surface area (Å²) in [5, 5.41) is 5.70. The second-order valence-corrected chi connectivity index (χ2v) is 5.39. The number of hydrogen-bond donors (Lipinski definition) is 1. The highest BCUT2D eigenvalue weighted by Gasteiger charge is 2.12. The Morgan fingerprint density at radius 1 is 1.53 bits per heavy atom. The van der Waals surface area contributed by atoms with E-state index in [1.165, 1.54) is 23.5 Å². The number of thiazole rings is 1. The molecule has 2 rings (SSSR count). The van der Waals surface area contributed by atoms with Crippen molar-refractivity contribution in [3.8, 4) is 0 Å². The molecule has 0 unspecified atom stereocenters. The third kappa shape index (κ3) is 3.75. The number of nitrogens with one attached hydrogen (secondary N) is 1. The van der Waals surface area contributed by atoms with Gasteiger partial charge in [-0.2, -0.15) is 0 Å². The molecule has 1 N–H and O–H groups in total. The van der Waals surface area contributed by atoms with Gasteiger partial charge in [-0.3, -0.25) is 4.79 Å². The van der Waals surface area contributed by atoms with Crippen LogP contribution in [0.25, 0.3) is 0 Å². The highest BCUT2D eigenvalue weighted by molar-refractivity contribution is 7.09. The van der Waals surface area contributed by atoms with E-state index in [9.17, 15) is 9.18 Å². The van der Waals surface area contributed by atoms with Gasteiger partial charge in [-0.1, -0.05) is 17.7 Å². The molecule has 100 valence electrons. The predicted octanol–water partition coefficient (Wildman–Crippen LogP) is 3.10. The second kappa shape index (κ2) is 6.12. The van der Waals surface area contributed by atoms with Crippen LogP contribution in [0.3, 0.4) is 0 Å². The first-order valence-corrected chi connectivity index (χ1v) is 6.92. The molecule has 19 heavy (non-hydrogen) atoms. The van der Waals surface area contributed by atoms with Crippen LogP contribution in [-0.2, 0) is 17.8 Å². The van der Waals surface area contributed by atoms with E-state index in [0.29, 0.717) is 6.54 Å². The minimum Gasteiger partial charge on any atom is -0.349 e. The molecular formula is C13H12ClFN2OS. The lowest BCUT2D eigenvalue weighted by atomic mass is 10.1. The zero-order valence-electron chi connectivity index (χ0n) is 10.2. The van der Waals surface area contributed by atoms with E-state index in [-0.39, 0.29) is 22.9 Å². The van der Waals surface area contributed by atoms with Crippen LogP contribution in [0.2, 0.25) is 5.02 Å². The lowest BCUT2D eigenvalue weighted by Crippen LogP contribution is -2.25. The zero-order chi connectivity index (χ0) is 13.8. The van der Waals surface area contributed by atoms with Crippen molar-refractivity contribution in [1.82, 2.24) is 10.3 Å². The third-order valence-corrected chi connectivity index (χ3v) is 3.82. The summed E-state index contributed by atoms with van der Waals surface area (Å²) in [5.74, 6) is -0.743. The van der Waals surface area contributed by atoms with Gasteiger partial charge in [0.25, 0.3) is 0 Å². The van der Waals surface area contributed by atoms with Gasteiger partial charge in [0.05, 0.1) is 13.0 Å². The van der Waals surface area contributed by atoms with Crippen molar-refractivity contribution < 1.29 is 9.18 Å². The minimum absolute atomic E-state index is 0.0735. The summed E-state index contributed by atoms with van der Waals surface area (Å²) in [7, 11) is 0. The molecule has 0 bridgehead atoms. The molecule has 0 aliphatic carbocycles. The van der Waals surface area contributed by atoms with Crippen LogP contribution in [0.4, 0.5) is 4.39 Å². The molecule has 0 saturated carbocycles. The van der Waals surface area contributed by atoms with E-state index in [4.69, 9.17) is 11.6 Å². The molecule has 1 heterocycles. The summed E-state index contributed by atoms with van der Waals surface area (Å²) in [4.78, 5) is 16.0. The van der Waals surface area contributed by atoms with Gasteiger partial charge in [-0.15, -0.1) is 11.3 Å². The van der Waals surface area contributed by atoms with Gasteiger partial charge >= 0.3 is 0 Å². The Labute approximate surface area is 119 Å². The van der Waals surface area contributed by atoms with E-state index in [1.54, 1.807) is 6.07 Å². The Kier molecular flexibility index (Phi) is 4.50. The van der Waals surface area contributed by atoms with Crippen LogP contribution < -0.4 is 5.32 Å².